The second-order valence-corrected chi connectivity index (χ2v) is 7.81. The van der Waals surface area contributed by atoms with Crippen molar-refractivity contribution in [2.24, 2.45) is 0 Å². The largest absolute Gasteiger partial charge is 0.573 e. The van der Waals surface area contributed by atoms with Gasteiger partial charge in [0.1, 0.15) is 12.3 Å². The average molecular weight is 534 g/mol. The summed E-state index contributed by atoms with van der Waals surface area (Å²) < 4.78 is 86.6. The van der Waals surface area contributed by atoms with Gasteiger partial charge >= 0.3 is 18.2 Å². The highest BCUT2D eigenvalue weighted by Gasteiger charge is 2.31. The quantitative estimate of drug-likeness (QED) is 0.299. The van der Waals surface area contributed by atoms with E-state index in [1.54, 1.807) is 0 Å². The molecule has 15 heteroatoms. The fraction of sp³-hybridized carbons (Fsp3) is 0.238. The second-order valence-electron chi connectivity index (χ2n) is 7.37. The van der Waals surface area contributed by atoms with Gasteiger partial charge in [-0.25, -0.2) is 9.48 Å². The molecule has 8 nitrogen and oxygen atoms in total. The summed E-state index contributed by atoms with van der Waals surface area (Å²) in [5.74, 6) is -0.784. The molecule has 0 atom stereocenters. The van der Waals surface area contributed by atoms with E-state index < -0.39 is 43.5 Å². The van der Waals surface area contributed by atoms with E-state index in [-0.39, 0.29) is 23.1 Å². The Balaban J connectivity index is 1.62. The number of rotatable bonds is 7. The SMILES string of the molecule is O=c1n(Cc2nc(-c3cccc(OC(F)(F)F)c3)no2)nc(-c2ccc(Cl)cc2)n1CCC(F)(F)F. The number of hydrogen-bond donors (Lipinski definition) is 0. The first-order valence-corrected chi connectivity index (χ1v) is 10.4. The Labute approximate surface area is 202 Å². The molecule has 0 unspecified atom stereocenters. The lowest BCUT2D eigenvalue weighted by Crippen LogP contribution is -2.27. The van der Waals surface area contributed by atoms with Crippen LogP contribution in [0.3, 0.4) is 0 Å². The third-order valence-corrected chi connectivity index (χ3v) is 4.98. The van der Waals surface area contributed by atoms with Crippen LogP contribution in [-0.4, -0.2) is 37.0 Å². The summed E-state index contributed by atoms with van der Waals surface area (Å²) in [6.45, 7) is -1.08. The molecule has 4 rings (SSSR count). The van der Waals surface area contributed by atoms with E-state index in [9.17, 15) is 31.1 Å². The summed E-state index contributed by atoms with van der Waals surface area (Å²) >= 11 is 5.86. The maximum absolute atomic E-state index is 12.9. The van der Waals surface area contributed by atoms with Crippen molar-refractivity contribution < 1.29 is 35.6 Å². The topological polar surface area (TPSA) is 88.0 Å². The molecule has 2 aromatic carbocycles. The van der Waals surface area contributed by atoms with Crippen molar-refractivity contribution in [2.45, 2.75) is 32.0 Å². The van der Waals surface area contributed by atoms with Gasteiger partial charge in [0, 0.05) is 22.7 Å². The monoisotopic (exact) mass is 533 g/mol. The average Bonchev–Trinajstić information content (AvgIpc) is 3.37. The minimum atomic E-state index is -4.89. The van der Waals surface area contributed by atoms with Crippen LogP contribution in [0.5, 0.6) is 5.75 Å². The van der Waals surface area contributed by atoms with Gasteiger partial charge in [0.15, 0.2) is 5.82 Å². The Bertz CT molecular complexity index is 1410. The highest BCUT2D eigenvalue weighted by atomic mass is 35.5. The van der Waals surface area contributed by atoms with Crippen LogP contribution in [0.2, 0.25) is 5.02 Å². The molecule has 0 radical (unpaired) electrons. The van der Waals surface area contributed by atoms with Gasteiger partial charge in [-0.3, -0.25) is 4.57 Å². The summed E-state index contributed by atoms with van der Waals surface area (Å²) in [5.41, 5.74) is -0.369. The zero-order valence-corrected chi connectivity index (χ0v) is 18.6. The number of alkyl halides is 6. The number of ether oxygens (including phenoxy) is 1. The molecule has 0 aliphatic heterocycles. The minimum absolute atomic E-state index is 0.0299. The van der Waals surface area contributed by atoms with E-state index in [0.29, 0.717) is 10.6 Å². The Kier molecular flexibility index (Phi) is 6.80. The molecule has 0 aliphatic carbocycles. The fourth-order valence-corrected chi connectivity index (χ4v) is 3.32. The van der Waals surface area contributed by atoms with Gasteiger partial charge in [-0.2, -0.15) is 18.2 Å². The zero-order chi connectivity index (χ0) is 26.1. The molecule has 0 spiro atoms. The summed E-state index contributed by atoms with van der Waals surface area (Å²) in [5, 5.41) is 8.19. The van der Waals surface area contributed by atoms with Crippen LogP contribution in [0, 0.1) is 0 Å². The standard InChI is InChI=1S/C21H14ClF6N5O3/c22-14-6-4-12(5-7-14)18-30-33(19(34)32(18)9-8-20(23,24)25)11-16-29-17(31-36-16)13-2-1-3-15(10-13)35-21(26,27)28/h1-7,10H,8-9,11H2. The maximum atomic E-state index is 12.9. The van der Waals surface area contributed by atoms with Crippen LogP contribution in [0.4, 0.5) is 26.3 Å². The minimum Gasteiger partial charge on any atom is -0.406 e. The summed E-state index contributed by atoms with van der Waals surface area (Å²) in [7, 11) is 0. The summed E-state index contributed by atoms with van der Waals surface area (Å²) in [6.07, 6.45) is -10.7. The van der Waals surface area contributed by atoms with E-state index >= 15 is 0 Å². The Morgan fingerprint density at radius 2 is 1.72 bits per heavy atom. The number of halogens is 7. The van der Waals surface area contributed by atoms with Crippen molar-refractivity contribution in [3.63, 3.8) is 0 Å². The van der Waals surface area contributed by atoms with Gasteiger partial charge in [0.05, 0.1) is 6.42 Å². The number of aromatic nitrogens is 5. The second kappa shape index (κ2) is 9.68. The van der Waals surface area contributed by atoms with Gasteiger partial charge in [-0.1, -0.05) is 28.9 Å². The van der Waals surface area contributed by atoms with Crippen molar-refractivity contribution >= 4 is 11.6 Å². The molecule has 190 valence electrons. The normalized spacial score (nSPS) is 12.2. The van der Waals surface area contributed by atoms with E-state index in [2.05, 4.69) is 20.0 Å². The molecule has 0 bridgehead atoms. The Hall–Kier alpha value is -3.81. The number of benzene rings is 2. The first-order valence-electron chi connectivity index (χ1n) is 10.1. The van der Waals surface area contributed by atoms with Crippen molar-refractivity contribution in [3.8, 4) is 28.5 Å². The predicted molar refractivity (Wildman–Crippen MR) is 113 cm³/mol. The number of nitrogens with zero attached hydrogens (tertiary/aromatic N) is 5. The first kappa shape index (κ1) is 25.3. The molecule has 0 aliphatic rings. The lowest BCUT2D eigenvalue weighted by molar-refractivity contribution is -0.274. The van der Waals surface area contributed by atoms with Crippen molar-refractivity contribution in [1.82, 2.24) is 24.5 Å². The van der Waals surface area contributed by atoms with Crippen molar-refractivity contribution in [3.05, 3.63) is 69.9 Å². The van der Waals surface area contributed by atoms with Crippen molar-refractivity contribution in [1.29, 1.82) is 0 Å². The molecule has 0 fully saturated rings. The van der Waals surface area contributed by atoms with Gasteiger partial charge < -0.3 is 9.26 Å². The van der Waals surface area contributed by atoms with E-state index in [0.717, 1.165) is 21.4 Å². The van der Waals surface area contributed by atoms with Gasteiger partial charge in [-0.15, -0.1) is 18.3 Å². The van der Waals surface area contributed by atoms with Crippen LogP contribution in [-0.2, 0) is 13.1 Å². The zero-order valence-electron chi connectivity index (χ0n) is 17.8. The summed E-state index contributed by atoms with van der Waals surface area (Å²) in [4.78, 5) is 16.9. The smallest absolute Gasteiger partial charge is 0.406 e. The summed E-state index contributed by atoms with van der Waals surface area (Å²) in [6, 6.07) is 10.8. The number of hydrogen-bond acceptors (Lipinski definition) is 6. The molecular weight excluding hydrogens is 520 g/mol. The molecule has 2 heterocycles. The highest BCUT2D eigenvalue weighted by Crippen LogP contribution is 2.27. The third-order valence-electron chi connectivity index (χ3n) is 4.72. The maximum Gasteiger partial charge on any atom is 0.573 e. The van der Waals surface area contributed by atoms with Crippen LogP contribution < -0.4 is 10.4 Å². The fourth-order valence-electron chi connectivity index (χ4n) is 3.19. The first-order chi connectivity index (χ1) is 16.9. The highest BCUT2D eigenvalue weighted by molar-refractivity contribution is 6.30. The molecule has 36 heavy (non-hydrogen) atoms. The van der Waals surface area contributed by atoms with Crippen molar-refractivity contribution in [2.75, 3.05) is 0 Å². The van der Waals surface area contributed by atoms with Gasteiger partial charge in [-0.05, 0) is 36.4 Å². The molecular formula is C21H14ClF6N5O3. The van der Waals surface area contributed by atoms with E-state index in [4.69, 9.17) is 16.1 Å². The van der Waals surface area contributed by atoms with E-state index in [1.165, 1.54) is 36.4 Å². The van der Waals surface area contributed by atoms with Crippen LogP contribution in [0.25, 0.3) is 22.8 Å². The van der Waals surface area contributed by atoms with Gasteiger partial charge in [0.25, 0.3) is 0 Å². The lowest BCUT2D eigenvalue weighted by Gasteiger charge is -2.08. The third kappa shape index (κ3) is 6.24. The van der Waals surface area contributed by atoms with E-state index in [1.807, 2.05) is 0 Å². The molecule has 0 N–H and O–H groups in total. The molecule has 0 saturated carbocycles. The Morgan fingerprint density at radius 1 is 1.00 bits per heavy atom. The Morgan fingerprint density at radius 3 is 2.39 bits per heavy atom. The van der Waals surface area contributed by atoms with Crippen LogP contribution in [0.15, 0.2) is 57.8 Å². The molecule has 4 aromatic rings. The van der Waals surface area contributed by atoms with Gasteiger partial charge in [0.2, 0.25) is 11.7 Å². The lowest BCUT2D eigenvalue weighted by atomic mass is 10.2. The molecule has 2 aromatic heterocycles. The predicted octanol–water partition coefficient (Wildman–Crippen LogP) is 5.31. The van der Waals surface area contributed by atoms with Crippen LogP contribution in [0.1, 0.15) is 12.3 Å². The van der Waals surface area contributed by atoms with Crippen LogP contribution >= 0.6 is 11.6 Å². The molecule has 0 saturated heterocycles. The molecule has 0 amide bonds.